The summed E-state index contributed by atoms with van der Waals surface area (Å²) in [5.74, 6) is -1.83. The Balaban J connectivity index is 2.22. The number of carbonyl (C=O) groups excluding carboxylic acids is 1. The van der Waals surface area contributed by atoms with Gasteiger partial charge in [-0.2, -0.15) is 9.57 Å². The molecule has 0 heterocycles. The van der Waals surface area contributed by atoms with Crippen molar-refractivity contribution in [3.63, 3.8) is 0 Å². The van der Waals surface area contributed by atoms with Gasteiger partial charge in [0, 0.05) is 13.1 Å². The number of benzene rings is 2. The fraction of sp³-hybridized carbons (Fsp3) is 0.263. The highest BCUT2D eigenvalue weighted by molar-refractivity contribution is 7.89. The van der Waals surface area contributed by atoms with Crippen molar-refractivity contribution >= 4 is 16.0 Å². The van der Waals surface area contributed by atoms with Crippen LogP contribution >= 0.6 is 0 Å². The molecule has 0 saturated heterocycles. The van der Waals surface area contributed by atoms with E-state index in [9.17, 15) is 17.6 Å². The third-order valence-corrected chi connectivity index (χ3v) is 6.00. The van der Waals surface area contributed by atoms with Crippen LogP contribution in [0, 0.1) is 17.1 Å². The minimum absolute atomic E-state index is 0.128. The zero-order chi connectivity index (χ0) is 20.0. The summed E-state index contributed by atoms with van der Waals surface area (Å²) in [6, 6.07) is 11.4. The molecule has 0 aliphatic carbocycles. The average Bonchev–Trinajstić information content (AvgIpc) is 2.67. The van der Waals surface area contributed by atoms with Crippen molar-refractivity contribution in [2.45, 2.75) is 25.3 Å². The van der Waals surface area contributed by atoms with Gasteiger partial charge in [0.2, 0.25) is 10.0 Å². The van der Waals surface area contributed by atoms with Crippen LogP contribution in [0.25, 0.3) is 0 Å². The van der Waals surface area contributed by atoms with Crippen LogP contribution in [-0.4, -0.2) is 31.8 Å². The maximum atomic E-state index is 14.1. The van der Waals surface area contributed by atoms with Gasteiger partial charge in [-0.1, -0.05) is 26.0 Å². The molecule has 0 radical (unpaired) electrons. The number of sulfonamides is 1. The average molecular weight is 390 g/mol. The lowest BCUT2D eigenvalue weighted by atomic mass is 10.1. The summed E-state index contributed by atoms with van der Waals surface area (Å²) in [6.45, 7) is 3.77. The van der Waals surface area contributed by atoms with Crippen molar-refractivity contribution in [3.8, 4) is 6.07 Å². The van der Waals surface area contributed by atoms with Gasteiger partial charge in [0.25, 0.3) is 0 Å². The molecular weight excluding hydrogens is 371 g/mol. The Bertz CT molecular complexity index is 962. The van der Waals surface area contributed by atoms with Crippen molar-refractivity contribution in [1.82, 2.24) is 4.31 Å². The standard InChI is InChI=1S/C19H19FN2O4S/c1-3-22(4-2)27(24,25)16-9-10-18(20)17(11-16)19(23)26-13-15-7-5-14(12-21)6-8-15/h5-11H,3-4,13H2,1-2H3. The second kappa shape index (κ2) is 8.75. The van der Waals surface area contributed by atoms with Gasteiger partial charge < -0.3 is 4.74 Å². The predicted molar refractivity (Wildman–Crippen MR) is 96.8 cm³/mol. The predicted octanol–water partition coefficient (Wildman–Crippen LogP) is 3.08. The Labute approximate surface area is 157 Å². The van der Waals surface area contributed by atoms with Gasteiger partial charge >= 0.3 is 5.97 Å². The number of rotatable bonds is 7. The summed E-state index contributed by atoms with van der Waals surface area (Å²) in [6.07, 6.45) is 0. The molecule has 0 fully saturated rings. The normalized spacial score (nSPS) is 11.2. The highest BCUT2D eigenvalue weighted by atomic mass is 32.2. The molecule has 27 heavy (non-hydrogen) atoms. The molecule has 0 atom stereocenters. The Hall–Kier alpha value is -2.76. The van der Waals surface area contributed by atoms with Crippen molar-refractivity contribution in [2.24, 2.45) is 0 Å². The summed E-state index contributed by atoms with van der Waals surface area (Å²) in [7, 11) is -3.82. The van der Waals surface area contributed by atoms with Gasteiger partial charge in [-0.25, -0.2) is 17.6 Å². The number of ether oxygens (including phenoxy) is 1. The van der Waals surface area contributed by atoms with Crippen LogP contribution in [0.3, 0.4) is 0 Å². The smallest absolute Gasteiger partial charge is 0.341 e. The van der Waals surface area contributed by atoms with E-state index in [4.69, 9.17) is 10.00 Å². The molecule has 142 valence electrons. The lowest BCUT2D eigenvalue weighted by molar-refractivity contribution is 0.0467. The molecular formula is C19H19FN2O4S. The Morgan fingerprint density at radius 3 is 2.33 bits per heavy atom. The molecule has 0 amide bonds. The van der Waals surface area contributed by atoms with Crippen LogP contribution in [0.2, 0.25) is 0 Å². The summed E-state index contributed by atoms with van der Waals surface area (Å²) in [5.41, 5.74) is 0.636. The van der Waals surface area contributed by atoms with E-state index in [1.807, 2.05) is 6.07 Å². The second-order valence-electron chi connectivity index (χ2n) is 5.62. The number of nitrogens with zero attached hydrogens (tertiary/aromatic N) is 2. The first kappa shape index (κ1) is 20.6. The molecule has 0 bridgehead atoms. The first-order chi connectivity index (χ1) is 12.8. The van der Waals surface area contributed by atoms with Gasteiger partial charge in [0.15, 0.2) is 0 Å². The fourth-order valence-corrected chi connectivity index (χ4v) is 3.92. The minimum atomic E-state index is -3.82. The van der Waals surface area contributed by atoms with Crippen molar-refractivity contribution < 1.29 is 22.3 Å². The molecule has 0 aliphatic heterocycles. The van der Waals surface area contributed by atoms with Crippen LogP contribution in [-0.2, 0) is 21.4 Å². The number of esters is 1. The van der Waals surface area contributed by atoms with Gasteiger partial charge in [0.05, 0.1) is 22.1 Å². The zero-order valence-electron chi connectivity index (χ0n) is 15.0. The summed E-state index contributed by atoms with van der Waals surface area (Å²) in [5, 5.41) is 8.76. The molecule has 0 N–H and O–H groups in total. The molecule has 0 saturated carbocycles. The lowest BCUT2D eigenvalue weighted by Crippen LogP contribution is -2.30. The third kappa shape index (κ3) is 4.70. The molecule has 0 aliphatic rings. The van der Waals surface area contributed by atoms with Crippen molar-refractivity contribution in [1.29, 1.82) is 5.26 Å². The minimum Gasteiger partial charge on any atom is -0.457 e. The number of carbonyl (C=O) groups is 1. The quantitative estimate of drug-likeness (QED) is 0.678. The fourth-order valence-electron chi connectivity index (χ4n) is 2.44. The number of hydrogen-bond acceptors (Lipinski definition) is 5. The summed E-state index contributed by atoms with van der Waals surface area (Å²) >= 11 is 0. The monoisotopic (exact) mass is 390 g/mol. The highest BCUT2D eigenvalue weighted by Crippen LogP contribution is 2.20. The van der Waals surface area contributed by atoms with Crippen molar-refractivity contribution in [3.05, 3.63) is 65.0 Å². The number of halogens is 1. The van der Waals surface area contributed by atoms with Crippen molar-refractivity contribution in [2.75, 3.05) is 13.1 Å². The Kier molecular flexibility index (Phi) is 6.66. The summed E-state index contributed by atoms with van der Waals surface area (Å²) in [4.78, 5) is 12.1. The van der Waals surface area contributed by atoms with Crippen LogP contribution in [0.4, 0.5) is 4.39 Å². The van der Waals surface area contributed by atoms with E-state index in [1.54, 1.807) is 38.1 Å². The maximum absolute atomic E-state index is 14.1. The van der Waals surface area contributed by atoms with Crippen LogP contribution in [0.15, 0.2) is 47.4 Å². The zero-order valence-corrected chi connectivity index (χ0v) is 15.8. The Morgan fingerprint density at radius 2 is 1.78 bits per heavy atom. The van der Waals surface area contributed by atoms with E-state index in [0.717, 1.165) is 18.2 Å². The Morgan fingerprint density at radius 1 is 1.15 bits per heavy atom. The molecule has 2 aromatic carbocycles. The highest BCUT2D eigenvalue weighted by Gasteiger charge is 2.24. The molecule has 2 aromatic rings. The SMILES string of the molecule is CCN(CC)S(=O)(=O)c1ccc(F)c(C(=O)OCc2ccc(C#N)cc2)c1. The van der Waals surface area contributed by atoms with Gasteiger partial charge in [0.1, 0.15) is 12.4 Å². The van der Waals surface area contributed by atoms with E-state index >= 15 is 0 Å². The van der Waals surface area contributed by atoms with Crippen LogP contribution in [0.1, 0.15) is 35.3 Å². The van der Waals surface area contributed by atoms with Gasteiger partial charge in [-0.15, -0.1) is 0 Å². The van der Waals surface area contributed by atoms with E-state index in [2.05, 4.69) is 0 Å². The molecule has 6 nitrogen and oxygen atoms in total. The molecule has 2 rings (SSSR count). The molecule has 0 unspecified atom stereocenters. The number of hydrogen-bond donors (Lipinski definition) is 0. The van der Waals surface area contributed by atoms with Crippen LogP contribution < -0.4 is 0 Å². The van der Waals surface area contributed by atoms with E-state index in [0.29, 0.717) is 11.1 Å². The van der Waals surface area contributed by atoms with Crippen LogP contribution in [0.5, 0.6) is 0 Å². The van der Waals surface area contributed by atoms with E-state index in [-0.39, 0.29) is 24.6 Å². The van der Waals surface area contributed by atoms with E-state index in [1.165, 1.54) is 4.31 Å². The summed E-state index contributed by atoms with van der Waals surface area (Å²) < 4.78 is 45.4. The number of nitriles is 1. The van der Waals surface area contributed by atoms with Gasteiger partial charge in [-0.3, -0.25) is 0 Å². The lowest BCUT2D eigenvalue weighted by Gasteiger charge is -2.18. The topological polar surface area (TPSA) is 87.5 Å². The first-order valence-corrected chi connectivity index (χ1v) is 9.73. The first-order valence-electron chi connectivity index (χ1n) is 8.29. The maximum Gasteiger partial charge on any atom is 0.341 e. The van der Waals surface area contributed by atoms with Gasteiger partial charge in [-0.05, 0) is 35.9 Å². The largest absolute Gasteiger partial charge is 0.457 e. The molecule has 0 aromatic heterocycles. The van der Waals surface area contributed by atoms with E-state index < -0.39 is 27.4 Å². The molecule has 8 heteroatoms. The second-order valence-corrected chi connectivity index (χ2v) is 7.55. The third-order valence-electron chi connectivity index (χ3n) is 3.95. The molecule has 0 spiro atoms.